The van der Waals surface area contributed by atoms with Crippen LogP contribution in [0.2, 0.25) is 6.55 Å². The van der Waals surface area contributed by atoms with E-state index in [9.17, 15) is 0 Å². The van der Waals surface area contributed by atoms with E-state index in [0.717, 1.165) is 5.75 Å². The summed E-state index contributed by atoms with van der Waals surface area (Å²) in [4.78, 5) is 0. The Kier molecular flexibility index (Phi) is 4.12. The molecule has 2 heteroatoms. The normalized spacial score (nSPS) is 11.2. The van der Waals surface area contributed by atoms with Gasteiger partial charge in [-0.2, -0.15) is 0 Å². The van der Waals surface area contributed by atoms with Gasteiger partial charge in [0.05, 0.1) is 7.11 Å². The molecule has 0 N–H and O–H groups in total. The minimum absolute atomic E-state index is 0.920. The summed E-state index contributed by atoms with van der Waals surface area (Å²) in [7, 11) is -0.280. The molecule has 110 valence electrons. The SMILES string of the molecule is COc1cccc([Si](C)(c2ccccc2)c2ccccc2)c1. The minimum Gasteiger partial charge on any atom is -0.497 e. The number of benzene rings is 3. The van der Waals surface area contributed by atoms with Gasteiger partial charge >= 0.3 is 0 Å². The molecule has 0 aliphatic heterocycles. The van der Waals surface area contributed by atoms with E-state index < -0.39 is 8.07 Å². The lowest BCUT2D eigenvalue weighted by atomic mass is 10.3. The first-order chi connectivity index (χ1) is 10.7. The fraction of sp³-hybridized carbons (Fsp3) is 0.100. The summed E-state index contributed by atoms with van der Waals surface area (Å²) < 4.78 is 5.44. The Morgan fingerprint density at radius 3 is 1.64 bits per heavy atom. The number of methoxy groups -OCH3 is 1. The molecule has 3 rings (SSSR count). The van der Waals surface area contributed by atoms with Crippen LogP contribution in [0.5, 0.6) is 5.75 Å². The molecule has 0 spiro atoms. The van der Waals surface area contributed by atoms with Gasteiger partial charge in [-0.15, -0.1) is 0 Å². The second kappa shape index (κ2) is 6.20. The predicted molar refractivity (Wildman–Crippen MR) is 96.4 cm³/mol. The molecule has 1 nitrogen and oxygen atoms in total. The molecule has 0 radical (unpaired) electrons. The molecule has 0 atom stereocenters. The van der Waals surface area contributed by atoms with Crippen LogP contribution in [-0.4, -0.2) is 15.2 Å². The van der Waals surface area contributed by atoms with Crippen molar-refractivity contribution in [3.8, 4) is 5.75 Å². The van der Waals surface area contributed by atoms with Gasteiger partial charge in [0.1, 0.15) is 13.8 Å². The van der Waals surface area contributed by atoms with Crippen LogP contribution in [0, 0.1) is 0 Å². The quantitative estimate of drug-likeness (QED) is 0.532. The summed E-state index contributed by atoms with van der Waals surface area (Å²) in [5.41, 5.74) is 0. The molecule has 0 aromatic heterocycles. The van der Waals surface area contributed by atoms with Crippen molar-refractivity contribution in [3.05, 3.63) is 84.9 Å². The molecule has 0 amide bonds. The van der Waals surface area contributed by atoms with E-state index >= 15 is 0 Å². The zero-order valence-electron chi connectivity index (χ0n) is 13.0. The number of hydrogen-bond donors (Lipinski definition) is 0. The van der Waals surface area contributed by atoms with Crippen LogP contribution in [0.1, 0.15) is 0 Å². The topological polar surface area (TPSA) is 9.23 Å². The van der Waals surface area contributed by atoms with E-state index in [-0.39, 0.29) is 0 Å². The molecule has 0 bridgehead atoms. The third-order valence-electron chi connectivity index (χ3n) is 4.35. The number of ether oxygens (including phenoxy) is 1. The standard InChI is InChI=1S/C20H20OSi/c1-21-17-10-9-15-20(16-17)22(2,18-11-5-3-6-12-18)19-13-7-4-8-14-19/h3-16H,1-2H3. The van der Waals surface area contributed by atoms with Crippen LogP contribution in [0.15, 0.2) is 84.9 Å². The molecule has 0 heterocycles. The maximum Gasteiger partial charge on any atom is 0.145 e. The molecule has 0 saturated heterocycles. The lowest BCUT2D eigenvalue weighted by Gasteiger charge is -2.29. The third kappa shape index (κ3) is 2.58. The van der Waals surface area contributed by atoms with Gasteiger partial charge in [0.15, 0.2) is 0 Å². The zero-order valence-corrected chi connectivity index (χ0v) is 14.0. The Morgan fingerprint density at radius 2 is 1.14 bits per heavy atom. The Labute approximate surface area is 133 Å². The zero-order chi connectivity index (χ0) is 15.4. The van der Waals surface area contributed by atoms with Crippen molar-refractivity contribution in [2.45, 2.75) is 6.55 Å². The summed E-state index contributed by atoms with van der Waals surface area (Å²) in [6.45, 7) is 2.41. The lowest BCUT2D eigenvalue weighted by molar-refractivity contribution is 0.415. The first-order valence-electron chi connectivity index (χ1n) is 7.51. The Hall–Kier alpha value is -2.32. The van der Waals surface area contributed by atoms with Crippen molar-refractivity contribution >= 4 is 23.6 Å². The van der Waals surface area contributed by atoms with Gasteiger partial charge in [-0.3, -0.25) is 0 Å². The van der Waals surface area contributed by atoms with Crippen LogP contribution in [0.4, 0.5) is 0 Å². The highest BCUT2D eigenvalue weighted by atomic mass is 28.3. The van der Waals surface area contributed by atoms with Crippen molar-refractivity contribution in [2.24, 2.45) is 0 Å². The fourth-order valence-corrected chi connectivity index (χ4v) is 6.56. The number of hydrogen-bond acceptors (Lipinski definition) is 1. The summed E-state index contributed by atoms with van der Waals surface area (Å²) in [6, 6.07) is 30.2. The van der Waals surface area contributed by atoms with Crippen LogP contribution in [0.25, 0.3) is 0 Å². The van der Waals surface area contributed by atoms with Gasteiger partial charge in [-0.1, -0.05) is 79.3 Å². The second-order valence-electron chi connectivity index (χ2n) is 5.59. The summed E-state index contributed by atoms with van der Waals surface area (Å²) in [5.74, 6) is 0.920. The molecular weight excluding hydrogens is 284 g/mol. The van der Waals surface area contributed by atoms with Gasteiger partial charge in [0, 0.05) is 0 Å². The molecule has 0 saturated carbocycles. The average Bonchev–Trinajstić information content (AvgIpc) is 2.62. The third-order valence-corrected chi connectivity index (χ3v) is 8.79. The second-order valence-corrected chi connectivity index (χ2v) is 9.57. The summed E-state index contributed by atoms with van der Waals surface area (Å²) in [5, 5.41) is 4.19. The molecule has 3 aromatic carbocycles. The molecule has 3 aromatic rings. The Bertz CT molecular complexity index is 698. The highest BCUT2D eigenvalue weighted by Crippen LogP contribution is 2.12. The molecule has 0 aliphatic rings. The van der Waals surface area contributed by atoms with Crippen LogP contribution in [-0.2, 0) is 0 Å². The highest BCUT2D eigenvalue weighted by Gasteiger charge is 2.34. The fourth-order valence-electron chi connectivity index (χ4n) is 2.98. The molecular formula is C20H20OSi. The lowest BCUT2D eigenvalue weighted by Crippen LogP contribution is -2.64. The van der Waals surface area contributed by atoms with Crippen LogP contribution >= 0.6 is 0 Å². The highest BCUT2D eigenvalue weighted by molar-refractivity contribution is 7.10. The van der Waals surface area contributed by atoms with Crippen molar-refractivity contribution in [2.75, 3.05) is 7.11 Å². The first kappa shape index (κ1) is 14.6. The van der Waals surface area contributed by atoms with E-state index in [1.807, 2.05) is 6.07 Å². The van der Waals surface area contributed by atoms with Crippen molar-refractivity contribution in [1.82, 2.24) is 0 Å². The minimum atomic E-state index is -2.01. The summed E-state index contributed by atoms with van der Waals surface area (Å²) >= 11 is 0. The Balaban J connectivity index is 2.23. The van der Waals surface area contributed by atoms with Gasteiger partial charge < -0.3 is 4.74 Å². The maximum atomic E-state index is 5.44. The molecule has 0 aliphatic carbocycles. The van der Waals surface area contributed by atoms with Gasteiger partial charge in [0.2, 0.25) is 0 Å². The van der Waals surface area contributed by atoms with E-state index in [0.29, 0.717) is 0 Å². The van der Waals surface area contributed by atoms with E-state index in [1.165, 1.54) is 15.6 Å². The van der Waals surface area contributed by atoms with Crippen LogP contribution < -0.4 is 20.3 Å². The maximum absolute atomic E-state index is 5.44. The van der Waals surface area contributed by atoms with Gasteiger partial charge in [0.25, 0.3) is 0 Å². The summed E-state index contributed by atoms with van der Waals surface area (Å²) in [6.07, 6.45) is 0. The Morgan fingerprint density at radius 1 is 0.636 bits per heavy atom. The van der Waals surface area contributed by atoms with Crippen molar-refractivity contribution in [1.29, 1.82) is 0 Å². The molecule has 22 heavy (non-hydrogen) atoms. The number of rotatable bonds is 4. The first-order valence-corrected chi connectivity index (χ1v) is 10.0. The van der Waals surface area contributed by atoms with Crippen LogP contribution in [0.3, 0.4) is 0 Å². The molecule has 0 fully saturated rings. The smallest absolute Gasteiger partial charge is 0.145 e. The largest absolute Gasteiger partial charge is 0.497 e. The van der Waals surface area contributed by atoms with E-state index in [4.69, 9.17) is 4.74 Å². The van der Waals surface area contributed by atoms with Crippen molar-refractivity contribution in [3.63, 3.8) is 0 Å². The predicted octanol–water partition coefficient (Wildman–Crippen LogP) is 2.80. The average molecular weight is 304 g/mol. The monoisotopic (exact) mass is 304 g/mol. The molecule has 0 unspecified atom stereocenters. The van der Waals surface area contributed by atoms with E-state index in [2.05, 4.69) is 85.4 Å². The van der Waals surface area contributed by atoms with Crippen molar-refractivity contribution < 1.29 is 4.74 Å². The van der Waals surface area contributed by atoms with E-state index in [1.54, 1.807) is 7.11 Å². The van der Waals surface area contributed by atoms with Gasteiger partial charge in [-0.05, 0) is 27.7 Å². The van der Waals surface area contributed by atoms with Gasteiger partial charge in [-0.25, -0.2) is 0 Å².